The van der Waals surface area contributed by atoms with E-state index in [1.165, 1.54) is 59.5 Å². The monoisotopic (exact) mass is 524 g/mol. The van der Waals surface area contributed by atoms with E-state index in [-0.39, 0.29) is 15.7 Å². The Balaban J connectivity index is 1.82. The fourth-order valence-corrected chi connectivity index (χ4v) is 5.94. The van der Waals surface area contributed by atoms with Crippen molar-refractivity contribution in [2.75, 3.05) is 28.5 Å². The summed E-state index contributed by atoms with van der Waals surface area (Å²) in [6, 6.07) is 10.8. The summed E-state index contributed by atoms with van der Waals surface area (Å²) in [6.07, 6.45) is 0. The molecule has 0 spiro atoms. The van der Waals surface area contributed by atoms with Crippen LogP contribution >= 0.6 is 23.1 Å². The van der Waals surface area contributed by atoms with Crippen LogP contribution in [0, 0.1) is 11.7 Å². The molecule has 2 aromatic carbocycles. The normalized spacial score (nSPS) is 11.4. The predicted octanol–water partition coefficient (Wildman–Crippen LogP) is 4.66. The lowest BCUT2D eigenvalue weighted by Crippen LogP contribution is -2.38. The Morgan fingerprint density at radius 1 is 1.15 bits per heavy atom. The predicted molar refractivity (Wildman–Crippen MR) is 133 cm³/mol. The van der Waals surface area contributed by atoms with E-state index in [1.54, 1.807) is 0 Å². The molecule has 0 aliphatic rings. The van der Waals surface area contributed by atoms with Gasteiger partial charge in [0.05, 0.1) is 17.2 Å². The molecular weight excluding hydrogens is 499 g/mol. The topological polar surface area (TPSA) is 101 Å². The molecule has 1 aromatic heterocycles. The maximum atomic E-state index is 13.5. The second kappa shape index (κ2) is 11.6. The molecule has 1 heterocycles. The summed E-state index contributed by atoms with van der Waals surface area (Å²) in [5, 5.41) is 10.9. The molecular formula is C22H25FN4O4S3. The maximum Gasteiger partial charge on any atom is 0.264 e. The van der Waals surface area contributed by atoms with Crippen LogP contribution in [0.15, 0.2) is 57.8 Å². The van der Waals surface area contributed by atoms with Crippen LogP contribution < -0.4 is 14.4 Å². The Bertz CT molecular complexity index is 1200. The molecule has 0 fully saturated rings. The molecule has 1 N–H and O–H groups in total. The van der Waals surface area contributed by atoms with Crippen molar-refractivity contribution >= 4 is 49.8 Å². The Morgan fingerprint density at radius 2 is 1.82 bits per heavy atom. The van der Waals surface area contributed by atoms with E-state index in [1.807, 2.05) is 6.92 Å². The Labute approximate surface area is 206 Å². The first-order chi connectivity index (χ1) is 16.2. The highest BCUT2D eigenvalue weighted by Gasteiger charge is 2.28. The third-order valence-corrected chi connectivity index (χ3v) is 8.50. The van der Waals surface area contributed by atoms with Gasteiger partial charge in [-0.25, -0.2) is 12.8 Å². The molecule has 0 atom stereocenters. The van der Waals surface area contributed by atoms with Gasteiger partial charge in [-0.15, -0.1) is 10.2 Å². The number of benzene rings is 2. The third-order valence-electron chi connectivity index (χ3n) is 4.32. The highest BCUT2D eigenvalue weighted by Crippen LogP contribution is 2.28. The van der Waals surface area contributed by atoms with Crippen LogP contribution in [0.1, 0.15) is 20.8 Å². The number of hydrogen-bond donors (Lipinski definition) is 1. The number of sulfonamides is 1. The van der Waals surface area contributed by atoms with Gasteiger partial charge in [-0.2, -0.15) is 0 Å². The number of ether oxygens (including phenoxy) is 1. The molecule has 1 amide bonds. The van der Waals surface area contributed by atoms with Crippen LogP contribution in [-0.4, -0.2) is 43.4 Å². The van der Waals surface area contributed by atoms with E-state index in [0.29, 0.717) is 22.6 Å². The number of aromatic nitrogens is 2. The molecule has 0 aliphatic heterocycles. The van der Waals surface area contributed by atoms with E-state index < -0.39 is 28.3 Å². The van der Waals surface area contributed by atoms with Gasteiger partial charge < -0.3 is 4.74 Å². The average Bonchev–Trinajstić information content (AvgIpc) is 3.24. The fourth-order valence-electron chi connectivity index (χ4n) is 2.77. The first kappa shape index (κ1) is 25.9. The number of amides is 1. The van der Waals surface area contributed by atoms with E-state index in [9.17, 15) is 17.6 Å². The van der Waals surface area contributed by atoms with Gasteiger partial charge in [0.25, 0.3) is 10.0 Å². The summed E-state index contributed by atoms with van der Waals surface area (Å²) < 4.78 is 47.3. The second-order valence-electron chi connectivity index (χ2n) is 7.52. The number of nitrogens with one attached hydrogen (secondary N) is 1. The van der Waals surface area contributed by atoms with Gasteiger partial charge in [0.2, 0.25) is 11.0 Å². The molecule has 34 heavy (non-hydrogen) atoms. The van der Waals surface area contributed by atoms with Crippen molar-refractivity contribution in [3.8, 4) is 5.75 Å². The number of carbonyl (C=O) groups is 1. The SMILES string of the molecule is CCOc1ccc(S(=O)(=O)N(CC(=O)Nc2nnc(SCC(C)C)s2)c2ccc(F)cc2)cc1. The molecule has 3 rings (SSSR count). The lowest BCUT2D eigenvalue weighted by atomic mass is 10.3. The van der Waals surface area contributed by atoms with Crippen LogP contribution in [-0.2, 0) is 14.8 Å². The molecule has 0 unspecified atom stereocenters. The minimum Gasteiger partial charge on any atom is -0.494 e. The number of halogens is 1. The molecule has 0 radical (unpaired) electrons. The summed E-state index contributed by atoms with van der Waals surface area (Å²) in [7, 11) is -4.14. The zero-order chi connectivity index (χ0) is 24.7. The van der Waals surface area contributed by atoms with Crippen molar-refractivity contribution in [1.29, 1.82) is 0 Å². The maximum absolute atomic E-state index is 13.5. The highest BCUT2D eigenvalue weighted by atomic mass is 32.2. The van der Waals surface area contributed by atoms with Crippen LogP contribution in [0.25, 0.3) is 0 Å². The van der Waals surface area contributed by atoms with Crippen LogP contribution in [0.5, 0.6) is 5.75 Å². The minimum atomic E-state index is -4.14. The van der Waals surface area contributed by atoms with Crippen LogP contribution in [0.2, 0.25) is 0 Å². The number of thioether (sulfide) groups is 1. The van der Waals surface area contributed by atoms with Crippen molar-refractivity contribution < 1.29 is 22.3 Å². The van der Waals surface area contributed by atoms with E-state index in [0.717, 1.165) is 22.2 Å². The van der Waals surface area contributed by atoms with Gasteiger partial charge in [-0.05, 0) is 61.4 Å². The summed E-state index contributed by atoms with van der Waals surface area (Å²) in [5.74, 6) is 0.739. The van der Waals surface area contributed by atoms with E-state index >= 15 is 0 Å². The molecule has 8 nitrogen and oxygen atoms in total. The summed E-state index contributed by atoms with van der Waals surface area (Å²) in [5.41, 5.74) is 0.149. The molecule has 182 valence electrons. The second-order valence-corrected chi connectivity index (χ2v) is 11.6. The number of anilines is 2. The molecule has 0 saturated heterocycles. The van der Waals surface area contributed by atoms with Crippen molar-refractivity contribution in [3.05, 3.63) is 54.3 Å². The standard InChI is InChI=1S/C22H25FN4O4S3/c1-4-31-18-9-11-19(12-10-18)34(29,30)27(17-7-5-16(23)6-8-17)13-20(28)24-21-25-26-22(33-21)32-14-15(2)3/h5-12,15H,4,13-14H2,1-3H3,(H,24,25,28). The molecule has 0 bridgehead atoms. The van der Waals surface area contributed by atoms with E-state index in [2.05, 4.69) is 29.4 Å². The fraction of sp³-hybridized carbons (Fsp3) is 0.318. The van der Waals surface area contributed by atoms with Gasteiger partial charge in [-0.1, -0.05) is 36.9 Å². The van der Waals surface area contributed by atoms with E-state index in [4.69, 9.17) is 4.74 Å². The average molecular weight is 525 g/mol. The van der Waals surface area contributed by atoms with Gasteiger partial charge in [0.1, 0.15) is 18.1 Å². The summed E-state index contributed by atoms with van der Waals surface area (Å²) >= 11 is 2.75. The minimum absolute atomic E-state index is 0.0311. The van der Waals surface area contributed by atoms with Crippen LogP contribution in [0.3, 0.4) is 0 Å². The van der Waals surface area contributed by atoms with Crippen molar-refractivity contribution in [2.24, 2.45) is 5.92 Å². The first-order valence-corrected chi connectivity index (χ1v) is 13.7. The lowest BCUT2D eigenvalue weighted by Gasteiger charge is -2.24. The van der Waals surface area contributed by atoms with Gasteiger partial charge in [0.15, 0.2) is 4.34 Å². The number of nitrogens with zero attached hydrogens (tertiary/aromatic N) is 3. The number of carbonyl (C=O) groups excluding carboxylic acids is 1. The Morgan fingerprint density at radius 3 is 2.44 bits per heavy atom. The highest BCUT2D eigenvalue weighted by molar-refractivity contribution is 8.01. The van der Waals surface area contributed by atoms with Crippen molar-refractivity contribution in [1.82, 2.24) is 10.2 Å². The Hall–Kier alpha value is -2.70. The van der Waals surface area contributed by atoms with Gasteiger partial charge in [-0.3, -0.25) is 14.4 Å². The first-order valence-electron chi connectivity index (χ1n) is 10.5. The number of rotatable bonds is 11. The van der Waals surface area contributed by atoms with Gasteiger partial charge in [0, 0.05) is 5.75 Å². The zero-order valence-electron chi connectivity index (χ0n) is 18.9. The molecule has 0 saturated carbocycles. The van der Waals surface area contributed by atoms with Gasteiger partial charge >= 0.3 is 0 Å². The lowest BCUT2D eigenvalue weighted by molar-refractivity contribution is -0.114. The largest absolute Gasteiger partial charge is 0.494 e. The zero-order valence-corrected chi connectivity index (χ0v) is 21.3. The molecule has 12 heteroatoms. The quantitative estimate of drug-likeness (QED) is 0.288. The van der Waals surface area contributed by atoms with Crippen LogP contribution in [0.4, 0.5) is 15.2 Å². The molecule has 0 aliphatic carbocycles. The van der Waals surface area contributed by atoms with Crippen molar-refractivity contribution in [2.45, 2.75) is 30.0 Å². The van der Waals surface area contributed by atoms with Crippen molar-refractivity contribution in [3.63, 3.8) is 0 Å². The Kier molecular flexibility index (Phi) is 8.86. The summed E-state index contributed by atoms with van der Waals surface area (Å²) in [6.45, 7) is 5.91. The smallest absolute Gasteiger partial charge is 0.264 e. The number of hydrogen-bond acceptors (Lipinski definition) is 8. The third kappa shape index (κ3) is 6.90. The summed E-state index contributed by atoms with van der Waals surface area (Å²) in [4.78, 5) is 12.7. The molecule has 3 aromatic rings.